The fourth-order valence-electron chi connectivity index (χ4n) is 4.81. The summed E-state index contributed by atoms with van der Waals surface area (Å²) in [7, 11) is 4.58. The van der Waals surface area contributed by atoms with E-state index in [1.807, 2.05) is 18.2 Å². The van der Waals surface area contributed by atoms with Crippen LogP contribution in [0.1, 0.15) is 158 Å². The first kappa shape index (κ1) is 45.1. The third-order valence-corrected chi connectivity index (χ3v) is 8.01. The van der Waals surface area contributed by atoms with Crippen LogP contribution in [0.25, 0.3) is 0 Å². The van der Waals surface area contributed by atoms with E-state index >= 15 is 0 Å². The minimum absolute atomic E-state index is 0.00859. The number of aromatic hydroxyl groups is 3. The standard InChI is InChI=1S/3C14H22O.Au.ClH/c3*1-13(2,3)10-7-8-12(15)11(9-10)14(4,5)6;;/h3*7-9,15H,1-6H3;;1H/q;;;+1;/p-1. The molecule has 0 spiro atoms. The van der Waals surface area contributed by atoms with Gasteiger partial charge >= 0.3 is 29.2 Å². The van der Waals surface area contributed by atoms with Crippen molar-refractivity contribution in [3.8, 4) is 17.2 Å². The van der Waals surface area contributed by atoms with Gasteiger partial charge in [0.2, 0.25) is 0 Å². The van der Waals surface area contributed by atoms with Gasteiger partial charge in [0.1, 0.15) is 17.2 Å². The van der Waals surface area contributed by atoms with Crippen LogP contribution < -0.4 is 0 Å². The van der Waals surface area contributed by atoms with Gasteiger partial charge < -0.3 is 15.3 Å². The number of phenolic OH excluding ortho intramolecular Hbond substituents is 3. The Labute approximate surface area is 305 Å². The van der Waals surface area contributed by atoms with Crippen LogP contribution in [0.15, 0.2) is 54.6 Å². The maximum atomic E-state index is 9.84. The van der Waals surface area contributed by atoms with Crippen LogP contribution >= 0.6 is 9.19 Å². The Kier molecular flexibility index (Phi) is 16.0. The van der Waals surface area contributed by atoms with Crippen molar-refractivity contribution < 1.29 is 35.3 Å². The van der Waals surface area contributed by atoms with Gasteiger partial charge in [-0.1, -0.05) is 161 Å². The average molecular weight is 851 g/mol. The molecule has 0 unspecified atom stereocenters. The number of hydrogen-bond donors (Lipinski definition) is 3. The second-order valence-corrected chi connectivity index (χ2v) is 18.7. The summed E-state index contributed by atoms with van der Waals surface area (Å²) in [6.07, 6.45) is 0. The SMILES string of the molecule is CC(C)(C)c1ccc(O)c(C(C)(C)C)c1.CC(C)(C)c1ccc(O)c(C(C)(C)C)c1.CC(C)(C)c1ccc(O)c(C(C)(C)C)c1.[Cl][Au]. The molecule has 0 amide bonds. The molecule has 3 aromatic carbocycles. The van der Waals surface area contributed by atoms with Crippen molar-refractivity contribution in [2.75, 3.05) is 0 Å². The first-order valence-corrected chi connectivity index (χ1v) is 19.2. The second kappa shape index (κ2) is 16.7. The number of phenols is 3. The Balaban J connectivity index is 0.000000657. The summed E-state index contributed by atoms with van der Waals surface area (Å²) in [4.78, 5) is 0. The third kappa shape index (κ3) is 14.6. The van der Waals surface area contributed by atoms with E-state index in [1.54, 1.807) is 38.2 Å². The zero-order valence-electron chi connectivity index (χ0n) is 32.7. The molecule has 270 valence electrons. The molecule has 47 heavy (non-hydrogen) atoms. The van der Waals surface area contributed by atoms with Crippen molar-refractivity contribution in [3.63, 3.8) is 0 Å². The summed E-state index contributed by atoms with van der Waals surface area (Å²) in [5.74, 6) is 1.20. The summed E-state index contributed by atoms with van der Waals surface area (Å²) >= 11 is 1.75. The summed E-state index contributed by atoms with van der Waals surface area (Å²) in [6, 6.07) is 17.8. The Bertz CT molecular complexity index is 1240. The van der Waals surface area contributed by atoms with E-state index in [1.165, 1.54) is 16.7 Å². The van der Waals surface area contributed by atoms with Crippen LogP contribution in [-0.2, 0) is 52.5 Å². The number of halogens is 1. The number of benzene rings is 3. The molecule has 3 rings (SSSR count). The summed E-state index contributed by atoms with van der Waals surface area (Å²) < 4.78 is 0. The first-order valence-electron chi connectivity index (χ1n) is 16.5. The first-order chi connectivity index (χ1) is 20.9. The van der Waals surface area contributed by atoms with Crippen molar-refractivity contribution >= 4 is 9.19 Å². The van der Waals surface area contributed by atoms with E-state index in [0.717, 1.165) is 16.7 Å². The number of rotatable bonds is 0. The zero-order valence-corrected chi connectivity index (χ0v) is 35.6. The van der Waals surface area contributed by atoms with Gasteiger partial charge in [-0.2, -0.15) is 0 Å². The molecule has 5 heteroatoms. The Hall–Kier alpha value is -1.91. The third-order valence-electron chi connectivity index (χ3n) is 8.01. The van der Waals surface area contributed by atoms with Crippen molar-refractivity contribution in [3.05, 3.63) is 88.0 Å². The number of hydrogen-bond acceptors (Lipinski definition) is 3. The predicted octanol–water partition coefficient (Wildman–Crippen LogP) is 12.6. The molecule has 0 fully saturated rings. The van der Waals surface area contributed by atoms with Crippen LogP contribution in [0.5, 0.6) is 17.2 Å². The van der Waals surface area contributed by atoms with Crippen LogP contribution in [0.2, 0.25) is 0 Å². The van der Waals surface area contributed by atoms with E-state index in [4.69, 9.17) is 0 Å². The van der Waals surface area contributed by atoms with Gasteiger partial charge in [0.25, 0.3) is 0 Å². The van der Waals surface area contributed by atoms with Crippen molar-refractivity contribution in [1.29, 1.82) is 0 Å². The molecular formula is C42H66AuClO3. The molecule has 0 aliphatic heterocycles. The molecule has 3 nitrogen and oxygen atoms in total. The molecule has 0 aliphatic carbocycles. The van der Waals surface area contributed by atoms with Gasteiger partial charge in [0.05, 0.1) is 0 Å². The predicted molar refractivity (Wildman–Crippen MR) is 202 cm³/mol. The molecular weight excluding hydrogens is 785 g/mol. The van der Waals surface area contributed by atoms with Gasteiger partial charge in [-0.3, -0.25) is 0 Å². The van der Waals surface area contributed by atoms with Gasteiger partial charge in [0.15, 0.2) is 0 Å². The zero-order chi connectivity index (χ0) is 37.6. The van der Waals surface area contributed by atoms with Gasteiger partial charge in [-0.15, -0.1) is 0 Å². The van der Waals surface area contributed by atoms with E-state index < -0.39 is 0 Å². The molecule has 0 saturated heterocycles. The normalized spacial score (nSPS) is 12.5. The molecule has 0 aliphatic rings. The minimum atomic E-state index is -0.00859. The summed E-state index contributed by atoms with van der Waals surface area (Å²) in [6.45, 7) is 38.8. The molecule has 0 heterocycles. The fraction of sp³-hybridized carbons (Fsp3) is 0.571. The summed E-state index contributed by atoms with van der Waals surface area (Å²) in [5.41, 5.74) is 7.25. The van der Waals surface area contributed by atoms with Crippen LogP contribution in [0, 0.1) is 0 Å². The molecule has 3 N–H and O–H groups in total. The molecule has 0 radical (unpaired) electrons. The fourth-order valence-corrected chi connectivity index (χ4v) is 4.81. The van der Waals surface area contributed by atoms with E-state index in [2.05, 4.69) is 152 Å². The van der Waals surface area contributed by atoms with Crippen molar-refractivity contribution in [2.45, 2.75) is 157 Å². The maximum absolute atomic E-state index is 9.84. The monoisotopic (exact) mass is 850 g/mol. The van der Waals surface area contributed by atoms with Crippen LogP contribution in [0.3, 0.4) is 0 Å². The molecule has 0 aromatic heterocycles. The Morgan fingerprint density at radius 3 is 0.638 bits per heavy atom. The van der Waals surface area contributed by atoms with E-state index in [-0.39, 0.29) is 32.5 Å². The van der Waals surface area contributed by atoms with Crippen LogP contribution in [0.4, 0.5) is 0 Å². The molecule has 0 saturated carbocycles. The van der Waals surface area contributed by atoms with E-state index in [0.29, 0.717) is 17.2 Å². The molecule has 0 bridgehead atoms. The van der Waals surface area contributed by atoms with Gasteiger partial charge in [0, 0.05) is 0 Å². The molecule has 3 aromatic rings. The second-order valence-electron chi connectivity index (χ2n) is 18.7. The summed E-state index contributed by atoms with van der Waals surface area (Å²) in [5, 5.41) is 29.5. The van der Waals surface area contributed by atoms with Crippen molar-refractivity contribution in [2.24, 2.45) is 0 Å². The van der Waals surface area contributed by atoms with Crippen molar-refractivity contribution in [1.82, 2.24) is 0 Å². The van der Waals surface area contributed by atoms with Gasteiger partial charge in [-0.05, 0) is 84.1 Å². The van der Waals surface area contributed by atoms with E-state index in [9.17, 15) is 15.3 Å². The van der Waals surface area contributed by atoms with Gasteiger partial charge in [-0.25, -0.2) is 0 Å². The topological polar surface area (TPSA) is 60.7 Å². The quantitative estimate of drug-likeness (QED) is 0.198. The Morgan fingerprint density at radius 1 is 0.340 bits per heavy atom. The Morgan fingerprint density at radius 2 is 0.511 bits per heavy atom. The van der Waals surface area contributed by atoms with Crippen LogP contribution in [-0.4, -0.2) is 15.3 Å². The average Bonchev–Trinajstić information content (AvgIpc) is 2.87. The molecule has 0 atom stereocenters.